The maximum Gasteiger partial charge on any atom is 0.0940 e. The van der Waals surface area contributed by atoms with Crippen LogP contribution >= 0.6 is 0 Å². The number of ether oxygens (including phenoxy) is 2. The van der Waals surface area contributed by atoms with Crippen LogP contribution in [0.5, 0.6) is 0 Å². The second kappa shape index (κ2) is 4.75. The van der Waals surface area contributed by atoms with Gasteiger partial charge in [0.05, 0.1) is 17.8 Å². The number of aliphatic hydroxyl groups is 1. The van der Waals surface area contributed by atoms with Crippen LogP contribution in [0.2, 0.25) is 0 Å². The van der Waals surface area contributed by atoms with Crippen LogP contribution in [0.15, 0.2) is 0 Å². The molecule has 3 fully saturated rings. The lowest BCUT2D eigenvalue weighted by Crippen LogP contribution is -2.52. The lowest BCUT2D eigenvalue weighted by atomic mass is 9.68. The number of hydrogen-bond acceptors (Lipinski definition) is 4. The molecule has 0 radical (unpaired) electrons. The van der Waals surface area contributed by atoms with Crippen LogP contribution in [0, 0.1) is 5.92 Å². The average molecular weight is 255 g/mol. The van der Waals surface area contributed by atoms with E-state index in [0.717, 1.165) is 58.2 Å². The van der Waals surface area contributed by atoms with Crippen molar-refractivity contribution in [2.45, 2.75) is 62.2 Å². The van der Waals surface area contributed by atoms with E-state index in [1.807, 2.05) is 0 Å². The van der Waals surface area contributed by atoms with Gasteiger partial charge < -0.3 is 20.3 Å². The summed E-state index contributed by atoms with van der Waals surface area (Å²) in [7, 11) is 0. The Morgan fingerprint density at radius 1 is 1.11 bits per heavy atom. The minimum atomic E-state index is -0.558. The summed E-state index contributed by atoms with van der Waals surface area (Å²) in [6.07, 6.45) is 6.65. The van der Waals surface area contributed by atoms with Crippen molar-refractivity contribution < 1.29 is 14.6 Å². The van der Waals surface area contributed by atoms with Gasteiger partial charge in [-0.2, -0.15) is 0 Å². The third kappa shape index (κ3) is 2.31. The zero-order valence-electron chi connectivity index (χ0n) is 11.1. The molecule has 4 atom stereocenters. The maximum absolute atomic E-state index is 10.9. The van der Waals surface area contributed by atoms with Crippen LogP contribution in [0.3, 0.4) is 0 Å². The van der Waals surface area contributed by atoms with Crippen molar-refractivity contribution in [1.29, 1.82) is 0 Å². The maximum atomic E-state index is 10.9. The highest BCUT2D eigenvalue weighted by molar-refractivity contribution is 5.00. The van der Waals surface area contributed by atoms with Gasteiger partial charge in [-0.15, -0.1) is 0 Å². The minimum absolute atomic E-state index is 0.111. The summed E-state index contributed by atoms with van der Waals surface area (Å²) in [6, 6.07) is 0.169. The molecule has 4 unspecified atom stereocenters. The smallest absolute Gasteiger partial charge is 0.0940 e. The standard InChI is InChI=1S/C14H25NO3/c15-12-2-1-4-14(16,9-12)11-3-6-18-13(8-11)5-7-17-10-13/h11-12,16H,1-10,15H2. The Hall–Kier alpha value is -0.160. The summed E-state index contributed by atoms with van der Waals surface area (Å²) in [5.41, 5.74) is 5.38. The minimum Gasteiger partial charge on any atom is -0.390 e. The molecule has 4 heteroatoms. The van der Waals surface area contributed by atoms with Crippen molar-refractivity contribution in [3.8, 4) is 0 Å². The number of hydrogen-bond donors (Lipinski definition) is 2. The van der Waals surface area contributed by atoms with E-state index in [4.69, 9.17) is 15.2 Å². The molecule has 2 saturated heterocycles. The first kappa shape index (κ1) is 12.9. The topological polar surface area (TPSA) is 64.7 Å². The third-order valence-electron chi connectivity index (χ3n) is 5.12. The fraction of sp³-hybridized carbons (Fsp3) is 1.00. The van der Waals surface area contributed by atoms with Crippen LogP contribution in [-0.2, 0) is 9.47 Å². The molecule has 3 rings (SSSR count). The number of rotatable bonds is 1. The van der Waals surface area contributed by atoms with Crippen LogP contribution < -0.4 is 5.73 Å². The van der Waals surface area contributed by atoms with Crippen molar-refractivity contribution in [3.05, 3.63) is 0 Å². The molecule has 0 amide bonds. The largest absolute Gasteiger partial charge is 0.390 e. The zero-order valence-corrected chi connectivity index (χ0v) is 11.1. The SMILES string of the molecule is NC1CCCC(O)(C2CCOC3(CCOC3)C2)C1. The van der Waals surface area contributed by atoms with Gasteiger partial charge in [-0.25, -0.2) is 0 Å². The second-order valence-corrected chi connectivity index (χ2v) is 6.48. The van der Waals surface area contributed by atoms with E-state index < -0.39 is 5.60 Å². The Labute approximate surface area is 109 Å². The van der Waals surface area contributed by atoms with Gasteiger partial charge in [0.2, 0.25) is 0 Å². The summed E-state index contributed by atoms with van der Waals surface area (Å²) < 4.78 is 11.4. The Morgan fingerprint density at radius 3 is 2.72 bits per heavy atom. The molecule has 2 heterocycles. The number of nitrogens with two attached hydrogens (primary N) is 1. The van der Waals surface area contributed by atoms with Crippen LogP contribution in [0.1, 0.15) is 44.9 Å². The van der Waals surface area contributed by atoms with E-state index in [9.17, 15) is 5.11 Å². The van der Waals surface area contributed by atoms with Gasteiger partial charge in [-0.05, 0) is 44.4 Å². The quantitative estimate of drug-likeness (QED) is 0.739. The third-order valence-corrected chi connectivity index (χ3v) is 5.12. The van der Waals surface area contributed by atoms with Crippen molar-refractivity contribution >= 4 is 0 Å². The van der Waals surface area contributed by atoms with Gasteiger partial charge in [-0.1, -0.05) is 0 Å². The fourth-order valence-electron chi connectivity index (χ4n) is 4.05. The normalized spacial score (nSPS) is 49.7. The highest BCUT2D eigenvalue weighted by atomic mass is 16.6. The Morgan fingerprint density at radius 2 is 2.00 bits per heavy atom. The average Bonchev–Trinajstić information content (AvgIpc) is 2.77. The molecular formula is C14H25NO3. The van der Waals surface area contributed by atoms with E-state index in [1.54, 1.807) is 0 Å². The van der Waals surface area contributed by atoms with Crippen LogP contribution in [0.25, 0.3) is 0 Å². The predicted molar refractivity (Wildman–Crippen MR) is 68.2 cm³/mol. The Bertz CT molecular complexity index is 303. The zero-order chi connectivity index (χ0) is 12.6. The van der Waals surface area contributed by atoms with E-state index >= 15 is 0 Å². The first-order chi connectivity index (χ1) is 8.62. The van der Waals surface area contributed by atoms with Crippen molar-refractivity contribution in [1.82, 2.24) is 0 Å². The molecule has 1 spiro atoms. The van der Waals surface area contributed by atoms with E-state index in [-0.39, 0.29) is 11.6 Å². The molecule has 1 saturated carbocycles. The summed E-state index contributed by atoms with van der Waals surface area (Å²) in [4.78, 5) is 0. The van der Waals surface area contributed by atoms with Gasteiger partial charge >= 0.3 is 0 Å². The second-order valence-electron chi connectivity index (χ2n) is 6.48. The first-order valence-electron chi connectivity index (χ1n) is 7.32. The Balaban J connectivity index is 1.71. The molecule has 2 aliphatic heterocycles. The molecule has 3 aliphatic rings. The lowest BCUT2D eigenvalue weighted by Gasteiger charge is -2.47. The van der Waals surface area contributed by atoms with E-state index in [0.29, 0.717) is 12.5 Å². The molecule has 1 aliphatic carbocycles. The van der Waals surface area contributed by atoms with Gasteiger partial charge in [-0.3, -0.25) is 0 Å². The molecule has 18 heavy (non-hydrogen) atoms. The molecular weight excluding hydrogens is 230 g/mol. The summed E-state index contributed by atoms with van der Waals surface area (Å²) in [5.74, 6) is 0.333. The lowest BCUT2D eigenvalue weighted by molar-refractivity contribution is -0.152. The highest BCUT2D eigenvalue weighted by Crippen LogP contribution is 2.44. The summed E-state index contributed by atoms with van der Waals surface area (Å²) in [6.45, 7) is 2.25. The monoisotopic (exact) mass is 255 g/mol. The highest BCUT2D eigenvalue weighted by Gasteiger charge is 2.48. The van der Waals surface area contributed by atoms with E-state index in [2.05, 4.69) is 0 Å². The molecule has 0 aromatic heterocycles. The van der Waals surface area contributed by atoms with Crippen molar-refractivity contribution in [2.24, 2.45) is 11.7 Å². The Kier molecular flexibility index (Phi) is 3.39. The molecule has 3 N–H and O–H groups in total. The van der Waals surface area contributed by atoms with Gasteiger partial charge in [0.15, 0.2) is 0 Å². The molecule has 0 aromatic carbocycles. The predicted octanol–water partition coefficient (Wildman–Crippen LogP) is 1.20. The fourth-order valence-corrected chi connectivity index (χ4v) is 4.05. The summed E-state index contributed by atoms with van der Waals surface area (Å²) >= 11 is 0. The van der Waals surface area contributed by atoms with Gasteiger partial charge in [0, 0.05) is 25.7 Å². The van der Waals surface area contributed by atoms with Crippen molar-refractivity contribution in [3.63, 3.8) is 0 Å². The molecule has 0 aromatic rings. The van der Waals surface area contributed by atoms with Crippen LogP contribution in [-0.4, -0.2) is 42.2 Å². The summed E-state index contributed by atoms with van der Waals surface area (Å²) in [5, 5.41) is 10.9. The van der Waals surface area contributed by atoms with E-state index in [1.165, 1.54) is 0 Å². The van der Waals surface area contributed by atoms with Crippen LogP contribution in [0.4, 0.5) is 0 Å². The molecule has 4 nitrogen and oxygen atoms in total. The van der Waals surface area contributed by atoms with Gasteiger partial charge in [0.25, 0.3) is 0 Å². The van der Waals surface area contributed by atoms with Crippen molar-refractivity contribution in [2.75, 3.05) is 19.8 Å². The molecule has 0 bridgehead atoms. The first-order valence-corrected chi connectivity index (χ1v) is 7.32. The molecule has 104 valence electrons. The van der Waals surface area contributed by atoms with Gasteiger partial charge in [0.1, 0.15) is 0 Å².